The molecule has 144 valence electrons. The second-order valence-corrected chi connectivity index (χ2v) is 6.72. The Hall–Kier alpha value is -2.51. The number of nitrogens with two attached hydrogens (primary N) is 1. The molecular weight excluding hydrogens is 369 g/mol. The zero-order chi connectivity index (χ0) is 18.9. The summed E-state index contributed by atoms with van der Waals surface area (Å²) in [6.07, 6.45) is 4.08. The Bertz CT molecular complexity index is 978. The highest BCUT2D eigenvalue weighted by Crippen LogP contribution is 2.27. The average Bonchev–Trinajstić information content (AvgIpc) is 2.92. The summed E-state index contributed by atoms with van der Waals surface area (Å²) in [5, 5.41) is 9.85. The van der Waals surface area contributed by atoms with Crippen molar-refractivity contribution in [3.8, 4) is 11.4 Å². The third-order valence-electron chi connectivity index (χ3n) is 3.81. The molecule has 6 nitrogen and oxygen atoms in total. The number of benzene rings is 1. The van der Waals surface area contributed by atoms with Crippen LogP contribution >= 0.6 is 12.4 Å². The Morgan fingerprint density at radius 2 is 2.00 bits per heavy atom. The van der Waals surface area contributed by atoms with Gasteiger partial charge in [-0.1, -0.05) is 19.1 Å². The maximum Gasteiger partial charge on any atom is 0.166 e. The quantitative estimate of drug-likeness (QED) is 0.689. The van der Waals surface area contributed by atoms with Gasteiger partial charge in [0.05, 0.1) is 5.60 Å². The van der Waals surface area contributed by atoms with Crippen molar-refractivity contribution < 1.29 is 9.50 Å². The third kappa shape index (κ3) is 4.61. The smallest absolute Gasteiger partial charge is 0.166 e. The van der Waals surface area contributed by atoms with Gasteiger partial charge in [-0.05, 0) is 44.6 Å². The molecular formula is C19H23ClFN5O. The number of anilines is 1. The van der Waals surface area contributed by atoms with Gasteiger partial charge in [0.1, 0.15) is 11.6 Å². The third-order valence-corrected chi connectivity index (χ3v) is 3.81. The van der Waals surface area contributed by atoms with Crippen LogP contribution in [0.5, 0.6) is 0 Å². The van der Waals surface area contributed by atoms with E-state index in [0.717, 1.165) is 6.42 Å². The first-order valence-electron chi connectivity index (χ1n) is 8.50. The molecule has 0 radical (unpaired) electrons. The van der Waals surface area contributed by atoms with Crippen LogP contribution < -0.4 is 5.73 Å². The molecule has 8 heteroatoms. The molecule has 0 saturated carbocycles. The van der Waals surface area contributed by atoms with Crippen LogP contribution in [0.4, 0.5) is 10.2 Å². The van der Waals surface area contributed by atoms with E-state index in [4.69, 9.17) is 5.73 Å². The first-order valence-corrected chi connectivity index (χ1v) is 8.50. The molecule has 3 aromatic rings. The van der Waals surface area contributed by atoms with Gasteiger partial charge in [0, 0.05) is 12.1 Å². The monoisotopic (exact) mass is 391 g/mol. The number of nitrogen functional groups attached to an aromatic ring is 1. The molecule has 0 amide bonds. The molecule has 0 aliphatic rings. The molecule has 0 unspecified atom stereocenters. The molecule has 0 fully saturated rings. The van der Waals surface area contributed by atoms with E-state index in [9.17, 15) is 9.50 Å². The molecule has 3 rings (SSSR count). The van der Waals surface area contributed by atoms with Crippen molar-refractivity contribution >= 4 is 35.5 Å². The number of fused-ring (bicyclic) bond motifs is 1. The van der Waals surface area contributed by atoms with E-state index in [2.05, 4.69) is 15.0 Å². The number of halogens is 2. The molecule has 0 aliphatic carbocycles. The summed E-state index contributed by atoms with van der Waals surface area (Å²) in [6, 6.07) is 6.28. The van der Waals surface area contributed by atoms with Gasteiger partial charge in [0.2, 0.25) is 0 Å². The van der Waals surface area contributed by atoms with E-state index in [-0.39, 0.29) is 24.0 Å². The molecule has 1 aromatic carbocycles. The fraction of sp³-hybridized carbons (Fsp3) is 0.316. The highest BCUT2D eigenvalue weighted by atomic mass is 35.5. The van der Waals surface area contributed by atoms with Crippen LogP contribution in [-0.2, 0) is 6.54 Å². The fourth-order valence-corrected chi connectivity index (χ4v) is 2.68. The van der Waals surface area contributed by atoms with E-state index in [1.54, 1.807) is 38.1 Å². The second kappa shape index (κ2) is 8.02. The second-order valence-electron chi connectivity index (χ2n) is 6.72. The molecule has 0 bridgehead atoms. The van der Waals surface area contributed by atoms with Gasteiger partial charge in [-0.2, -0.15) is 0 Å². The summed E-state index contributed by atoms with van der Waals surface area (Å²) >= 11 is 0. The van der Waals surface area contributed by atoms with E-state index < -0.39 is 5.60 Å². The van der Waals surface area contributed by atoms with E-state index in [1.165, 1.54) is 12.1 Å². The zero-order valence-electron chi connectivity index (χ0n) is 15.5. The summed E-state index contributed by atoms with van der Waals surface area (Å²) in [5.74, 6) is 0.912. The van der Waals surface area contributed by atoms with Gasteiger partial charge >= 0.3 is 0 Å². The lowest BCUT2D eigenvalue weighted by molar-refractivity contribution is 0.134. The number of aliphatic hydroxyl groups is 1. The molecule has 2 heterocycles. The van der Waals surface area contributed by atoms with Crippen LogP contribution in [0.15, 0.2) is 30.3 Å². The van der Waals surface area contributed by atoms with Crippen LogP contribution in [0.25, 0.3) is 28.6 Å². The minimum atomic E-state index is -0.983. The first kappa shape index (κ1) is 20.8. The fourth-order valence-electron chi connectivity index (χ4n) is 2.68. The maximum atomic E-state index is 13.7. The zero-order valence-corrected chi connectivity index (χ0v) is 16.3. The summed E-state index contributed by atoms with van der Waals surface area (Å²) in [5.41, 5.74) is 6.84. The van der Waals surface area contributed by atoms with Crippen LogP contribution in [0, 0.1) is 5.82 Å². The molecule has 0 saturated heterocycles. The van der Waals surface area contributed by atoms with Crippen molar-refractivity contribution in [2.75, 3.05) is 5.73 Å². The van der Waals surface area contributed by atoms with Crippen LogP contribution in [-0.4, -0.2) is 30.2 Å². The number of rotatable bonds is 5. The van der Waals surface area contributed by atoms with Gasteiger partial charge in [0.25, 0.3) is 0 Å². The summed E-state index contributed by atoms with van der Waals surface area (Å²) in [4.78, 5) is 13.4. The SMILES string of the molecule is CCCn1c(-c2cccc(F)c2)nc2c(N)nc(C=CC(C)(C)O)nc21.Cl. The molecule has 0 aliphatic heterocycles. The topological polar surface area (TPSA) is 89.9 Å². The Labute approximate surface area is 163 Å². The predicted molar refractivity (Wildman–Crippen MR) is 108 cm³/mol. The minimum absolute atomic E-state index is 0. The lowest BCUT2D eigenvalue weighted by atomic mass is 10.1. The number of imidazole rings is 1. The van der Waals surface area contributed by atoms with Crippen LogP contribution in [0.3, 0.4) is 0 Å². The highest BCUT2D eigenvalue weighted by molar-refractivity contribution is 5.86. The van der Waals surface area contributed by atoms with Crippen molar-refractivity contribution in [3.63, 3.8) is 0 Å². The van der Waals surface area contributed by atoms with E-state index >= 15 is 0 Å². The maximum absolute atomic E-state index is 13.7. The summed E-state index contributed by atoms with van der Waals surface area (Å²) < 4.78 is 15.6. The van der Waals surface area contributed by atoms with Crippen molar-refractivity contribution in [2.24, 2.45) is 0 Å². The lowest BCUT2D eigenvalue weighted by Gasteiger charge is -2.10. The first-order chi connectivity index (χ1) is 12.3. The van der Waals surface area contributed by atoms with Gasteiger partial charge in [-0.15, -0.1) is 12.4 Å². The Morgan fingerprint density at radius 3 is 2.63 bits per heavy atom. The predicted octanol–water partition coefficient (Wildman–Crippen LogP) is 3.83. The van der Waals surface area contributed by atoms with Crippen molar-refractivity contribution in [1.29, 1.82) is 0 Å². The molecule has 0 spiro atoms. The molecule has 3 N–H and O–H groups in total. The van der Waals surface area contributed by atoms with Crippen molar-refractivity contribution in [1.82, 2.24) is 19.5 Å². The Morgan fingerprint density at radius 1 is 1.26 bits per heavy atom. The standard InChI is InChI=1S/C19H22FN5O.ClH/c1-4-10-25-17(12-6-5-7-13(20)11-12)24-15-16(21)22-14(23-18(15)25)8-9-19(2,3)26;/h5-9,11,26H,4,10H2,1-3H3,(H2,21,22,23);1H. The molecule has 2 aromatic heterocycles. The number of hydrogen-bond acceptors (Lipinski definition) is 5. The Kier molecular flexibility index (Phi) is 6.18. The van der Waals surface area contributed by atoms with Crippen molar-refractivity contribution in [3.05, 3.63) is 42.0 Å². The number of aryl methyl sites for hydroxylation is 1. The number of aromatic nitrogens is 4. The van der Waals surface area contributed by atoms with Gasteiger partial charge in [0.15, 0.2) is 22.8 Å². The lowest BCUT2D eigenvalue weighted by Crippen LogP contribution is -2.13. The van der Waals surface area contributed by atoms with Crippen molar-refractivity contribution in [2.45, 2.75) is 39.3 Å². The normalized spacial score (nSPS) is 11.9. The Balaban J connectivity index is 0.00000261. The summed E-state index contributed by atoms with van der Waals surface area (Å²) in [7, 11) is 0. The molecule has 0 atom stereocenters. The number of nitrogens with zero attached hydrogens (tertiary/aromatic N) is 4. The van der Waals surface area contributed by atoms with E-state index in [0.29, 0.717) is 34.9 Å². The number of hydrogen-bond donors (Lipinski definition) is 2. The van der Waals surface area contributed by atoms with E-state index in [1.807, 2.05) is 11.5 Å². The van der Waals surface area contributed by atoms with Crippen LogP contribution in [0.1, 0.15) is 33.0 Å². The highest BCUT2D eigenvalue weighted by Gasteiger charge is 2.17. The largest absolute Gasteiger partial charge is 0.386 e. The van der Waals surface area contributed by atoms with Crippen LogP contribution in [0.2, 0.25) is 0 Å². The van der Waals surface area contributed by atoms with Gasteiger partial charge < -0.3 is 15.4 Å². The molecule has 27 heavy (non-hydrogen) atoms. The van der Waals surface area contributed by atoms with Gasteiger partial charge in [-0.3, -0.25) is 0 Å². The summed E-state index contributed by atoms with van der Waals surface area (Å²) in [6.45, 7) is 6.03. The average molecular weight is 392 g/mol. The van der Waals surface area contributed by atoms with Gasteiger partial charge in [-0.25, -0.2) is 19.3 Å². The minimum Gasteiger partial charge on any atom is -0.386 e.